The lowest BCUT2D eigenvalue weighted by atomic mass is 9.80. The molecule has 0 saturated carbocycles. The van der Waals surface area contributed by atoms with E-state index >= 15 is 0 Å². The van der Waals surface area contributed by atoms with E-state index in [2.05, 4.69) is 331 Å². The fourth-order valence-electron chi connectivity index (χ4n) is 15.0. The Kier molecular flexibility index (Phi) is 14.2. The molecule has 6 nitrogen and oxygen atoms in total. The first kappa shape index (κ1) is 57.5. The molecule has 16 aromatic rings. The predicted molar refractivity (Wildman–Crippen MR) is 404 cm³/mol. The summed E-state index contributed by atoms with van der Waals surface area (Å²) in [4.78, 5) is 14.1. The maximum absolute atomic E-state index is 4.71. The van der Waals surface area contributed by atoms with Crippen molar-refractivity contribution in [1.82, 2.24) is 19.1 Å². The molecule has 6 heteroatoms. The molecule has 96 heavy (non-hydrogen) atoms. The summed E-state index contributed by atoms with van der Waals surface area (Å²) in [6, 6.07) is 104. The van der Waals surface area contributed by atoms with Gasteiger partial charge >= 0.3 is 0 Å². The Hall–Kier alpha value is -12.4. The van der Waals surface area contributed by atoms with Crippen molar-refractivity contribution in [3.05, 3.63) is 357 Å². The van der Waals surface area contributed by atoms with Crippen molar-refractivity contribution < 1.29 is 0 Å². The lowest BCUT2D eigenvalue weighted by molar-refractivity contribution is 0.666. The van der Waals surface area contributed by atoms with Crippen molar-refractivity contribution >= 4 is 94.1 Å². The highest BCUT2D eigenvalue weighted by atomic mass is 15.2. The van der Waals surface area contributed by atoms with E-state index in [-0.39, 0.29) is 5.41 Å². The number of benzene rings is 12. The second-order valence-corrected chi connectivity index (χ2v) is 25.4. The van der Waals surface area contributed by atoms with E-state index in [1.54, 1.807) is 0 Å². The van der Waals surface area contributed by atoms with Crippen LogP contribution in [0.25, 0.3) is 116 Å². The first-order valence-electron chi connectivity index (χ1n) is 32.9. The SMILES string of the molecule is C=C/C(=C\C=C/C)c1ccc2c(c1)c1cc(-c3ccccc3)ccc1n2-c1cccc(N(c2cccnc2)c2ccc3c4c(ccc3c2)-c2ccc(N(c3cccnc3)c3cccc(-n5c6ccc(-c7ccccc7)cc6c6cc(-c7ccccc7)ccc65)c3)cc2C4(C)C)c1. The van der Waals surface area contributed by atoms with E-state index < -0.39 is 0 Å². The van der Waals surface area contributed by atoms with Crippen LogP contribution in [0, 0.1) is 0 Å². The Morgan fingerprint density at radius 1 is 0.385 bits per heavy atom. The van der Waals surface area contributed by atoms with Crippen molar-refractivity contribution in [2.75, 3.05) is 9.80 Å². The molecule has 17 rings (SSSR count). The minimum Gasteiger partial charge on any atom is -0.309 e. The summed E-state index contributed by atoms with van der Waals surface area (Å²) < 4.78 is 4.84. The van der Waals surface area contributed by atoms with Crippen molar-refractivity contribution in [1.29, 1.82) is 0 Å². The number of rotatable bonds is 14. The third-order valence-electron chi connectivity index (χ3n) is 19.5. The number of nitrogens with zero attached hydrogens (tertiary/aromatic N) is 6. The third kappa shape index (κ3) is 9.80. The van der Waals surface area contributed by atoms with Crippen molar-refractivity contribution in [3.8, 4) is 55.9 Å². The molecule has 4 heterocycles. The standard InChI is InChI=1S/C90H66N6/c1-5-7-21-60(6-2)64-35-44-85-80(51-64)81-52-65(61-22-11-8-12-23-61)36-45-86(81)95(85)71-30-17-28-69(55-71)93(75-32-19-48-91-58-75)73-39-42-77-68(50-73)34-41-79-78-43-40-74(57-84(78)90(3,4)89(77)79)94(76-33-20-49-92-59-76)70-29-18-31-72(56-70)96-87-46-37-66(62-24-13-9-14-25-62)53-82(87)83-54-67(38-47-88(83)96)63-26-15-10-16-27-63/h5-59H,2H2,1,3-4H3/b7-5-,60-21+. The van der Waals surface area contributed by atoms with Crippen molar-refractivity contribution in [3.63, 3.8) is 0 Å². The van der Waals surface area contributed by atoms with Gasteiger partial charge in [-0.3, -0.25) is 9.97 Å². The van der Waals surface area contributed by atoms with E-state index in [4.69, 9.17) is 9.97 Å². The molecule has 0 N–H and O–H groups in total. The second kappa shape index (κ2) is 23.6. The highest BCUT2D eigenvalue weighted by Crippen LogP contribution is 2.54. The average Bonchev–Trinajstić information content (AvgIpc) is 1.56. The highest BCUT2D eigenvalue weighted by molar-refractivity contribution is 6.13. The van der Waals surface area contributed by atoms with Gasteiger partial charge in [0.2, 0.25) is 0 Å². The Morgan fingerprint density at radius 2 is 0.844 bits per heavy atom. The zero-order chi connectivity index (χ0) is 64.4. The van der Waals surface area contributed by atoms with Crippen molar-refractivity contribution in [2.24, 2.45) is 0 Å². The Bertz CT molecular complexity index is 5670. The van der Waals surface area contributed by atoms with Crippen LogP contribution in [0.15, 0.2) is 341 Å². The number of allylic oxidation sites excluding steroid dienone is 5. The fourth-order valence-corrected chi connectivity index (χ4v) is 15.0. The van der Waals surface area contributed by atoms with Gasteiger partial charge in [-0.15, -0.1) is 0 Å². The number of aromatic nitrogens is 4. The molecule has 1 aliphatic rings. The molecule has 1 aliphatic carbocycles. The minimum absolute atomic E-state index is 0.358. The predicted octanol–water partition coefficient (Wildman–Crippen LogP) is 24.2. The first-order chi connectivity index (χ1) is 47.3. The molecule has 456 valence electrons. The van der Waals surface area contributed by atoms with Gasteiger partial charge in [0.1, 0.15) is 0 Å². The van der Waals surface area contributed by atoms with E-state index in [0.29, 0.717) is 0 Å². The molecule has 0 unspecified atom stereocenters. The Balaban J connectivity index is 0.746. The summed E-state index contributed by atoms with van der Waals surface area (Å²) in [7, 11) is 0. The molecule has 0 saturated heterocycles. The van der Waals surface area contributed by atoms with Crippen LogP contribution in [0.1, 0.15) is 37.5 Å². The minimum atomic E-state index is -0.358. The molecule has 0 amide bonds. The average molecular weight is 1230 g/mol. The van der Waals surface area contributed by atoms with Gasteiger partial charge in [0.05, 0.1) is 45.8 Å². The lowest BCUT2D eigenvalue weighted by Gasteiger charge is -2.29. The third-order valence-corrected chi connectivity index (χ3v) is 19.5. The Labute approximate surface area is 559 Å². The molecule has 0 aliphatic heterocycles. The first-order valence-corrected chi connectivity index (χ1v) is 32.9. The van der Waals surface area contributed by atoms with Gasteiger partial charge in [-0.2, -0.15) is 0 Å². The molecule has 0 bridgehead atoms. The summed E-state index contributed by atoms with van der Waals surface area (Å²) in [5, 5.41) is 7.17. The number of pyridine rings is 2. The number of hydrogen-bond donors (Lipinski definition) is 0. The second-order valence-electron chi connectivity index (χ2n) is 25.4. The lowest BCUT2D eigenvalue weighted by Crippen LogP contribution is -2.17. The molecule has 4 aromatic heterocycles. The van der Waals surface area contributed by atoms with Crippen LogP contribution in [0.2, 0.25) is 0 Å². The number of anilines is 6. The zero-order valence-electron chi connectivity index (χ0n) is 53.6. The zero-order valence-corrected chi connectivity index (χ0v) is 53.6. The summed E-state index contributed by atoms with van der Waals surface area (Å²) >= 11 is 0. The summed E-state index contributed by atoms with van der Waals surface area (Å²) in [6.45, 7) is 11.0. The molecule has 0 spiro atoms. The van der Waals surface area contributed by atoms with Gasteiger partial charge in [0.25, 0.3) is 0 Å². The van der Waals surface area contributed by atoms with Gasteiger partial charge < -0.3 is 18.9 Å². The van der Waals surface area contributed by atoms with E-state index in [9.17, 15) is 0 Å². The molecule has 12 aromatic carbocycles. The number of hydrogen-bond acceptors (Lipinski definition) is 4. The van der Waals surface area contributed by atoms with Gasteiger partial charge in [0, 0.05) is 73.5 Å². The smallest absolute Gasteiger partial charge is 0.0644 e. The van der Waals surface area contributed by atoms with Gasteiger partial charge in [-0.1, -0.05) is 196 Å². The van der Waals surface area contributed by atoms with E-state index in [1.165, 1.54) is 88.0 Å². The summed E-state index contributed by atoms with van der Waals surface area (Å²) in [5.41, 5.74) is 26.8. The monoisotopic (exact) mass is 1230 g/mol. The van der Waals surface area contributed by atoms with Gasteiger partial charge in [0.15, 0.2) is 0 Å². The fraction of sp³-hybridized carbons (Fsp3) is 0.0444. The largest absolute Gasteiger partial charge is 0.309 e. The molecule has 0 atom stereocenters. The van der Waals surface area contributed by atoms with Crippen molar-refractivity contribution in [2.45, 2.75) is 26.2 Å². The van der Waals surface area contributed by atoms with Crippen LogP contribution < -0.4 is 9.80 Å². The van der Waals surface area contributed by atoms with Crippen LogP contribution in [0.3, 0.4) is 0 Å². The van der Waals surface area contributed by atoms with Crippen LogP contribution >= 0.6 is 0 Å². The molecular formula is C90H66N6. The van der Waals surface area contributed by atoms with Crippen LogP contribution in [0.5, 0.6) is 0 Å². The van der Waals surface area contributed by atoms with E-state index in [0.717, 1.165) is 78.7 Å². The summed E-state index contributed by atoms with van der Waals surface area (Å²) in [6.07, 6.45) is 15.8. The van der Waals surface area contributed by atoms with Crippen LogP contribution in [0.4, 0.5) is 34.1 Å². The van der Waals surface area contributed by atoms with Gasteiger partial charge in [-0.25, -0.2) is 0 Å². The molecular weight excluding hydrogens is 1170 g/mol. The normalized spacial score (nSPS) is 12.7. The summed E-state index contributed by atoms with van der Waals surface area (Å²) in [5.74, 6) is 0. The maximum atomic E-state index is 4.71. The van der Waals surface area contributed by atoms with E-state index in [1.807, 2.05) is 49.9 Å². The van der Waals surface area contributed by atoms with Gasteiger partial charge in [-0.05, 0) is 218 Å². The highest BCUT2D eigenvalue weighted by Gasteiger charge is 2.38. The van der Waals surface area contributed by atoms with Crippen LogP contribution in [-0.2, 0) is 5.41 Å². The molecule has 0 radical (unpaired) electrons. The molecule has 0 fully saturated rings. The van der Waals surface area contributed by atoms with Crippen LogP contribution in [-0.4, -0.2) is 19.1 Å². The maximum Gasteiger partial charge on any atom is 0.0644 e. The number of fused-ring (bicyclic) bond motifs is 11. The Morgan fingerprint density at radius 3 is 1.33 bits per heavy atom. The quantitative estimate of drug-likeness (QED) is 0.102. The topological polar surface area (TPSA) is 42.1 Å².